The molecule has 0 aliphatic heterocycles. The molecular weight excluding hydrogens is 210 g/mol. The van der Waals surface area contributed by atoms with Gasteiger partial charge in [0, 0.05) is 11.4 Å². The van der Waals surface area contributed by atoms with E-state index in [9.17, 15) is 9.59 Å². The van der Waals surface area contributed by atoms with Gasteiger partial charge in [-0.2, -0.15) is 0 Å². The van der Waals surface area contributed by atoms with Crippen LogP contribution in [0.1, 0.15) is 10.4 Å². The number of esters is 1. The number of hydrogen-bond donors (Lipinski definition) is 3. The van der Waals surface area contributed by atoms with Crippen molar-refractivity contribution in [3.63, 3.8) is 0 Å². The van der Waals surface area contributed by atoms with Gasteiger partial charge in [-0.25, -0.2) is 4.79 Å². The second-order valence-corrected chi connectivity index (χ2v) is 3.11. The van der Waals surface area contributed by atoms with Crippen molar-refractivity contribution in [2.75, 3.05) is 24.7 Å². The second-order valence-electron chi connectivity index (χ2n) is 3.11. The maximum atomic E-state index is 11.3. The van der Waals surface area contributed by atoms with Crippen LogP contribution in [0.25, 0.3) is 0 Å². The normalized spacial score (nSPS) is 9.56. The Kier molecular flexibility index (Phi) is 3.71. The highest BCUT2D eigenvalue weighted by molar-refractivity contribution is 5.96. The van der Waals surface area contributed by atoms with Crippen LogP contribution in [0.5, 0.6) is 0 Å². The highest BCUT2D eigenvalue weighted by Gasteiger charge is 2.10. The number of ether oxygens (including phenoxy) is 1. The molecule has 0 aliphatic rings. The van der Waals surface area contributed by atoms with E-state index in [0.717, 1.165) is 0 Å². The van der Waals surface area contributed by atoms with Crippen LogP contribution in [-0.2, 0) is 9.53 Å². The highest BCUT2D eigenvalue weighted by atomic mass is 16.5. The van der Waals surface area contributed by atoms with E-state index in [0.29, 0.717) is 11.4 Å². The van der Waals surface area contributed by atoms with Crippen LogP contribution >= 0.6 is 0 Å². The molecule has 0 unspecified atom stereocenters. The molecule has 1 aromatic rings. The molecule has 0 spiro atoms. The van der Waals surface area contributed by atoms with Gasteiger partial charge in [0.2, 0.25) is 5.91 Å². The summed E-state index contributed by atoms with van der Waals surface area (Å²) in [6.07, 6.45) is 0. The molecule has 0 bridgehead atoms. The average Bonchev–Trinajstić information content (AvgIpc) is 2.27. The van der Waals surface area contributed by atoms with Crippen molar-refractivity contribution < 1.29 is 14.3 Å². The first kappa shape index (κ1) is 11.8. The minimum Gasteiger partial charge on any atom is -0.465 e. The number of hydrogen-bond acceptors (Lipinski definition) is 5. The molecule has 1 rings (SSSR count). The van der Waals surface area contributed by atoms with Gasteiger partial charge in [-0.3, -0.25) is 4.79 Å². The molecule has 0 aliphatic carbocycles. The molecule has 0 fully saturated rings. The quantitative estimate of drug-likeness (QED) is 0.490. The zero-order chi connectivity index (χ0) is 12.1. The minimum absolute atomic E-state index is 0.00939. The third-order valence-electron chi connectivity index (χ3n) is 1.93. The van der Waals surface area contributed by atoms with Crippen molar-refractivity contribution in [2.24, 2.45) is 5.73 Å². The van der Waals surface area contributed by atoms with Crippen LogP contribution in [0.15, 0.2) is 18.2 Å². The molecule has 1 aromatic carbocycles. The fraction of sp³-hybridized carbons (Fsp3) is 0.200. The van der Waals surface area contributed by atoms with E-state index < -0.39 is 11.9 Å². The highest BCUT2D eigenvalue weighted by Crippen LogP contribution is 2.18. The van der Waals surface area contributed by atoms with Crippen LogP contribution in [0, 0.1) is 0 Å². The van der Waals surface area contributed by atoms with E-state index in [1.165, 1.54) is 13.2 Å². The van der Waals surface area contributed by atoms with Gasteiger partial charge in [-0.05, 0) is 18.2 Å². The van der Waals surface area contributed by atoms with Gasteiger partial charge in [0.05, 0.1) is 19.2 Å². The Hall–Kier alpha value is -2.24. The van der Waals surface area contributed by atoms with Crippen molar-refractivity contribution in [1.29, 1.82) is 0 Å². The Bertz CT molecular complexity index is 418. The number of methoxy groups -OCH3 is 1. The number of benzene rings is 1. The zero-order valence-corrected chi connectivity index (χ0v) is 8.82. The Morgan fingerprint density at radius 2 is 2.12 bits per heavy atom. The maximum Gasteiger partial charge on any atom is 0.340 e. The van der Waals surface area contributed by atoms with Crippen LogP contribution in [-0.4, -0.2) is 25.5 Å². The Labute approximate surface area is 92.6 Å². The summed E-state index contributed by atoms with van der Waals surface area (Å²) in [5.41, 5.74) is 11.7. The topological polar surface area (TPSA) is 107 Å². The average molecular weight is 223 g/mol. The Balaban J connectivity index is 2.89. The number of carbonyl (C=O) groups is 2. The number of carbonyl (C=O) groups excluding carboxylic acids is 2. The number of amides is 1. The van der Waals surface area contributed by atoms with E-state index in [4.69, 9.17) is 11.5 Å². The van der Waals surface area contributed by atoms with E-state index in [-0.39, 0.29) is 12.1 Å². The first-order chi connectivity index (χ1) is 7.54. The van der Waals surface area contributed by atoms with Gasteiger partial charge in [0.1, 0.15) is 0 Å². The smallest absolute Gasteiger partial charge is 0.340 e. The summed E-state index contributed by atoms with van der Waals surface area (Å²) in [7, 11) is 1.27. The fourth-order valence-corrected chi connectivity index (χ4v) is 1.14. The molecule has 0 atom stereocenters. The van der Waals surface area contributed by atoms with Crippen LogP contribution in [0.3, 0.4) is 0 Å². The molecule has 0 heterocycles. The van der Waals surface area contributed by atoms with Gasteiger partial charge in [-0.15, -0.1) is 0 Å². The Morgan fingerprint density at radius 3 is 2.69 bits per heavy atom. The lowest BCUT2D eigenvalue weighted by molar-refractivity contribution is -0.116. The predicted molar refractivity (Wildman–Crippen MR) is 59.9 cm³/mol. The lowest BCUT2D eigenvalue weighted by Gasteiger charge is -2.08. The van der Waals surface area contributed by atoms with Crippen molar-refractivity contribution in [3.05, 3.63) is 23.8 Å². The zero-order valence-electron chi connectivity index (χ0n) is 8.82. The molecular formula is C10H13N3O3. The largest absolute Gasteiger partial charge is 0.465 e. The third kappa shape index (κ3) is 2.88. The summed E-state index contributed by atoms with van der Waals surface area (Å²) in [5, 5.41) is 2.75. The molecule has 0 saturated carbocycles. The van der Waals surface area contributed by atoms with Crippen LogP contribution in [0.4, 0.5) is 11.4 Å². The summed E-state index contributed by atoms with van der Waals surface area (Å²) >= 11 is 0. The summed E-state index contributed by atoms with van der Waals surface area (Å²) in [6, 6.07) is 4.70. The van der Waals surface area contributed by atoms with Gasteiger partial charge in [0.25, 0.3) is 0 Å². The van der Waals surface area contributed by atoms with Gasteiger partial charge >= 0.3 is 5.97 Å². The Morgan fingerprint density at radius 1 is 1.44 bits per heavy atom. The second kappa shape index (κ2) is 5.01. The lowest BCUT2D eigenvalue weighted by atomic mass is 10.1. The van der Waals surface area contributed by atoms with Crippen molar-refractivity contribution in [3.8, 4) is 0 Å². The van der Waals surface area contributed by atoms with Crippen LogP contribution in [0.2, 0.25) is 0 Å². The monoisotopic (exact) mass is 223 g/mol. The molecule has 16 heavy (non-hydrogen) atoms. The molecule has 0 radical (unpaired) electrons. The van der Waals surface area contributed by atoms with E-state index in [1.807, 2.05) is 0 Å². The van der Waals surface area contributed by atoms with E-state index in [2.05, 4.69) is 10.1 Å². The molecule has 86 valence electrons. The number of nitrogens with one attached hydrogen (secondary N) is 1. The number of primary amides is 1. The SMILES string of the molecule is COC(=O)c1cc(NCC(N)=O)ccc1N. The lowest BCUT2D eigenvalue weighted by Crippen LogP contribution is -2.22. The van der Waals surface area contributed by atoms with Crippen molar-refractivity contribution in [1.82, 2.24) is 0 Å². The van der Waals surface area contributed by atoms with E-state index in [1.54, 1.807) is 12.1 Å². The van der Waals surface area contributed by atoms with Gasteiger partial charge in [-0.1, -0.05) is 0 Å². The fourth-order valence-electron chi connectivity index (χ4n) is 1.14. The number of nitrogen functional groups attached to an aromatic ring is 1. The molecule has 5 N–H and O–H groups in total. The summed E-state index contributed by atoms with van der Waals surface area (Å²) in [4.78, 5) is 21.9. The molecule has 6 heteroatoms. The minimum atomic E-state index is -0.528. The number of rotatable bonds is 4. The van der Waals surface area contributed by atoms with Gasteiger partial charge in [0.15, 0.2) is 0 Å². The molecule has 1 amide bonds. The first-order valence-corrected chi connectivity index (χ1v) is 4.54. The van der Waals surface area contributed by atoms with Crippen molar-refractivity contribution in [2.45, 2.75) is 0 Å². The number of anilines is 2. The molecule has 0 saturated heterocycles. The molecule has 0 aromatic heterocycles. The van der Waals surface area contributed by atoms with Crippen molar-refractivity contribution >= 4 is 23.3 Å². The molecule has 6 nitrogen and oxygen atoms in total. The summed E-state index contributed by atoms with van der Waals surface area (Å²) < 4.78 is 4.56. The number of nitrogens with two attached hydrogens (primary N) is 2. The predicted octanol–water partition coefficient (Wildman–Crippen LogP) is -0.0474. The third-order valence-corrected chi connectivity index (χ3v) is 1.93. The van der Waals surface area contributed by atoms with E-state index >= 15 is 0 Å². The standard InChI is InChI=1S/C10H13N3O3/c1-16-10(15)7-4-6(2-3-8(7)11)13-5-9(12)14/h2-4,13H,5,11H2,1H3,(H2,12,14). The summed E-state index contributed by atoms with van der Waals surface area (Å²) in [6.45, 7) is -0.00939. The maximum absolute atomic E-state index is 11.3. The summed E-state index contributed by atoms with van der Waals surface area (Å²) in [5.74, 6) is -1.02. The van der Waals surface area contributed by atoms with Crippen LogP contribution < -0.4 is 16.8 Å². The first-order valence-electron chi connectivity index (χ1n) is 4.54. The van der Waals surface area contributed by atoms with Gasteiger partial charge < -0.3 is 21.5 Å².